The number of nitrogens with zero attached hydrogens (tertiary/aromatic N) is 3. The Morgan fingerprint density at radius 1 is 1.27 bits per heavy atom. The predicted octanol–water partition coefficient (Wildman–Crippen LogP) is 5.19. The average Bonchev–Trinajstić information content (AvgIpc) is 3.31. The fourth-order valence-corrected chi connectivity index (χ4v) is 4.56. The molecule has 0 atom stereocenters. The molecular formula is C22H18ClF2N5O2S. The molecule has 0 saturated heterocycles. The molecule has 0 spiro atoms. The first-order valence-corrected chi connectivity index (χ1v) is 11.0. The fraction of sp³-hybridized carbons (Fsp3) is 0.182. The number of halogens is 3. The molecule has 4 aromatic rings. The fourth-order valence-electron chi connectivity index (χ4n) is 3.39. The molecule has 0 saturated carbocycles. The van der Waals surface area contributed by atoms with Crippen molar-refractivity contribution < 1.29 is 18.4 Å². The standard InChI is InChI=1S/C22H18ClF2N5O2S/c1-11-14(23)10-30(29-11)8-7-16(31)28-18-17-13(12-5-3-2-4-6-12)9-15(20(24)25)27-22(17)33-19(18)21(26)32/h2-6,9-10,20H,7-8H2,1H3,(H2,26,32)(H,28,31). The topological polar surface area (TPSA) is 103 Å². The molecule has 0 unspecified atom stereocenters. The van der Waals surface area contributed by atoms with Crippen molar-refractivity contribution in [1.82, 2.24) is 14.8 Å². The van der Waals surface area contributed by atoms with E-state index in [4.69, 9.17) is 17.3 Å². The van der Waals surface area contributed by atoms with Gasteiger partial charge in [-0.1, -0.05) is 41.9 Å². The monoisotopic (exact) mass is 489 g/mol. The number of nitrogens with one attached hydrogen (secondary N) is 1. The molecule has 0 bridgehead atoms. The number of carbonyl (C=O) groups is 2. The van der Waals surface area contributed by atoms with Gasteiger partial charge in [0.25, 0.3) is 12.3 Å². The summed E-state index contributed by atoms with van der Waals surface area (Å²) in [6.45, 7) is 2.01. The van der Waals surface area contributed by atoms with E-state index in [1.807, 2.05) is 0 Å². The number of primary amides is 1. The van der Waals surface area contributed by atoms with Crippen LogP contribution in [0.1, 0.15) is 33.9 Å². The minimum Gasteiger partial charge on any atom is -0.365 e. The quantitative estimate of drug-likeness (QED) is 0.373. The van der Waals surface area contributed by atoms with Crippen molar-refractivity contribution in [1.29, 1.82) is 0 Å². The molecule has 7 nitrogen and oxygen atoms in total. The molecule has 3 aromatic heterocycles. The number of rotatable bonds is 7. The Hall–Kier alpha value is -3.37. The number of thiophene rings is 1. The molecule has 3 heterocycles. The van der Waals surface area contributed by atoms with Crippen molar-refractivity contribution in [3.8, 4) is 11.1 Å². The number of hydrogen-bond acceptors (Lipinski definition) is 5. The summed E-state index contributed by atoms with van der Waals surface area (Å²) in [5.41, 5.74) is 6.98. The van der Waals surface area contributed by atoms with Crippen LogP contribution in [0.3, 0.4) is 0 Å². The van der Waals surface area contributed by atoms with E-state index < -0.39 is 23.9 Å². The van der Waals surface area contributed by atoms with Crippen LogP contribution in [0.15, 0.2) is 42.6 Å². The lowest BCUT2D eigenvalue weighted by molar-refractivity contribution is -0.116. The predicted molar refractivity (Wildman–Crippen MR) is 124 cm³/mol. The Bertz CT molecular complexity index is 1330. The van der Waals surface area contributed by atoms with Crippen LogP contribution in [0.2, 0.25) is 5.02 Å². The molecule has 0 radical (unpaired) electrons. The molecule has 0 fully saturated rings. The lowest BCUT2D eigenvalue weighted by Crippen LogP contribution is -2.18. The molecule has 33 heavy (non-hydrogen) atoms. The Balaban J connectivity index is 1.76. The largest absolute Gasteiger partial charge is 0.365 e. The van der Waals surface area contributed by atoms with Crippen LogP contribution in [0, 0.1) is 6.92 Å². The zero-order valence-electron chi connectivity index (χ0n) is 17.3. The number of alkyl halides is 2. The summed E-state index contributed by atoms with van der Waals surface area (Å²) in [4.78, 5) is 29.1. The summed E-state index contributed by atoms with van der Waals surface area (Å²) in [6.07, 6.45) is -1.16. The summed E-state index contributed by atoms with van der Waals surface area (Å²) in [7, 11) is 0. The van der Waals surface area contributed by atoms with Crippen molar-refractivity contribution in [3.05, 3.63) is 63.9 Å². The van der Waals surface area contributed by atoms with Gasteiger partial charge in [-0.15, -0.1) is 11.3 Å². The lowest BCUT2D eigenvalue weighted by atomic mass is 10.0. The van der Waals surface area contributed by atoms with Crippen LogP contribution >= 0.6 is 22.9 Å². The molecule has 3 N–H and O–H groups in total. The third kappa shape index (κ3) is 4.71. The number of carbonyl (C=O) groups excluding carboxylic acids is 2. The number of amides is 2. The Kier molecular flexibility index (Phi) is 6.39. The highest BCUT2D eigenvalue weighted by atomic mass is 35.5. The van der Waals surface area contributed by atoms with Crippen LogP contribution in [0.4, 0.5) is 14.5 Å². The van der Waals surface area contributed by atoms with Gasteiger partial charge in [0.2, 0.25) is 5.91 Å². The SMILES string of the molecule is Cc1nn(CCC(=O)Nc2c(C(N)=O)sc3nc(C(F)F)cc(-c4ccccc4)c23)cc1Cl. The van der Waals surface area contributed by atoms with Crippen molar-refractivity contribution in [2.75, 3.05) is 5.32 Å². The minimum absolute atomic E-state index is 0.0347. The second-order valence-electron chi connectivity index (χ2n) is 7.24. The number of fused-ring (bicyclic) bond motifs is 1. The molecular weight excluding hydrogens is 472 g/mol. The van der Waals surface area contributed by atoms with Gasteiger partial charge in [0.15, 0.2) is 0 Å². The first-order valence-electron chi connectivity index (χ1n) is 9.84. The third-order valence-corrected chi connectivity index (χ3v) is 6.40. The van der Waals surface area contributed by atoms with Crippen LogP contribution in [-0.2, 0) is 11.3 Å². The van der Waals surface area contributed by atoms with Crippen molar-refractivity contribution in [3.63, 3.8) is 0 Å². The Morgan fingerprint density at radius 2 is 2.00 bits per heavy atom. The van der Waals surface area contributed by atoms with Gasteiger partial charge < -0.3 is 11.1 Å². The molecule has 2 amide bonds. The van der Waals surface area contributed by atoms with Gasteiger partial charge in [0, 0.05) is 24.5 Å². The van der Waals surface area contributed by atoms with Gasteiger partial charge in [0.05, 0.1) is 16.4 Å². The molecule has 170 valence electrons. The van der Waals surface area contributed by atoms with Gasteiger partial charge in [0.1, 0.15) is 15.4 Å². The van der Waals surface area contributed by atoms with Crippen LogP contribution in [0.5, 0.6) is 0 Å². The van der Waals surface area contributed by atoms with Crippen LogP contribution in [-0.4, -0.2) is 26.6 Å². The number of pyridine rings is 1. The maximum absolute atomic E-state index is 13.5. The maximum Gasteiger partial charge on any atom is 0.280 e. The molecule has 4 rings (SSSR count). The van der Waals surface area contributed by atoms with Gasteiger partial charge in [-0.2, -0.15) is 5.10 Å². The molecule has 1 aromatic carbocycles. The average molecular weight is 490 g/mol. The lowest BCUT2D eigenvalue weighted by Gasteiger charge is -2.11. The van der Waals surface area contributed by atoms with Crippen molar-refractivity contribution in [2.24, 2.45) is 5.73 Å². The summed E-state index contributed by atoms with van der Waals surface area (Å²) in [5, 5.41) is 7.82. The number of aromatic nitrogens is 3. The van der Waals surface area contributed by atoms with E-state index in [0.717, 1.165) is 11.3 Å². The number of anilines is 1. The zero-order valence-corrected chi connectivity index (χ0v) is 18.9. The summed E-state index contributed by atoms with van der Waals surface area (Å²) >= 11 is 6.86. The number of hydrogen-bond donors (Lipinski definition) is 2. The number of aryl methyl sites for hydroxylation is 2. The number of nitrogens with two attached hydrogens (primary N) is 1. The first kappa shape index (κ1) is 22.8. The summed E-state index contributed by atoms with van der Waals surface area (Å²) in [6, 6.07) is 10.1. The second-order valence-corrected chi connectivity index (χ2v) is 8.64. The summed E-state index contributed by atoms with van der Waals surface area (Å²) in [5.74, 6) is -1.20. The van der Waals surface area contributed by atoms with Gasteiger partial charge >= 0.3 is 0 Å². The van der Waals surface area contributed by atoms with E-state index in [-0.39, 0.29) is 28.4 Å². The van der Waals surface area contributed by atoms with E-state index in [0.29, 0.717) is 27.2 Å². The highest BCUT2D eigenvalue weighted by Crippen LogP contribution is 2.42. The first-order chi connectivity index (χ1) is 15.7. The van der Waals surface area contributed by atoms with Gasteiger partial charge in [-0.05, 0) is 24.1 Å². The highest BCUT2D eigenvalue weighted by molar-refractivity contribution is 7.21. The van der Waals surface area contributed by atoms with Crippen LogP contribution in [0.25, 0.3) is 21.3 Å². The van der Waals surface area contributed by atoms with E-state index in [1.165, 1.54) is 6.07 Å². The molecule has 0 aliphatic rings. The zero-order chi connectivity index (χ0) is 23.7. The number of benzene rings is 1. The third-order valence-electron chi connectivity index (χ3n) is 4.93. The summed E-state index contributed by atoms with van der Waals surface area (Å²) < 4.78 is 28.6. The maximum atomic E-state index is 13.5. The Labute approximate surface area is 196 Å². The van der Waals surface area contributed by atoms with E-state index in [1.54, 1.807) is 48.1 Å². The van der Waals surface area contributed by atoms with Gasteiger partial charge in [-0.3, -0.25) is 14.3 Å². The van der Waals surface area contributed by atoms with Crippen molar-refractivity contribution >= 4 is 50.7 Å². The smallest absolute Gasteiger partial charge is 0.280 e. The highest BCUT2D eigenvalue weighted by Gasteiger charge is 2.24. The second kappa shape index (κ2) is 9.24. The van der Waals surface area contributed by atoms with Crippen LogP contribution < -0.4 is 11.1 Å². The van der Waals surface area contributed by atoms with E-state index in [9.17, 15) is 18.4 Å². The minimum atomic E-state index is -2.81. The molecule has 11 heteroatoms. The van der Waals surface area contributed by atoms with Gasteiger partial charge in [-0.25, -0.2) is 13.8 Å². The van der Waals surface area contributed by atoms with Crippen molar-refractivity contribution in [2.45, 2.75) is 26.3 Å². The normalized spacial score (nSPS) is 11.3. The van der Waals surface area contributed by atoms with E-state index >= 15 is 0 Å². The van der Waals surface area contributed by atoms with E-state index in [2.05, 4.69) is 15.4 Å². The molecule has 0 aliphatic carbocycles. The molecule has 0 aliphatic heterocycles. The Morgan fingerprint density at radius 3 is 2.61 bits per heavy atom.